The molecule has 22 heavy (non-hydrogen) atoms. The first-order chi connectivity index (χ1) is 10.7. The molecule has 0 atom stereocenters. The van der Waals surface area contributed by atoms with Gasteiger partial charge in [0.2, 0.25) is 0 Å². The number of hydrogen-bond donors (Lipinski definition) is 2. The Morgan fingerprint density at radius 1 is 1.36 bits per heavy atom. The highest BCUT2D eigenvalue weighted by Crippen LogP contribution is 2.24. The van der Waals surface area contributed by atoms with Crippen LogP contribution in [0, 0.1) is 6.92 Å². The molecule has 122 valence electrons. The van der Waals surface area contributed by atoms with E-state index >= 15 is 0 Å². The molecule has 0 bridgehead atoms. The van der Waals surface area contributed by atoms with E-state index in [0.717, 1.165) is 57.3 Å². The molecular formula is C16H25N3O2S. The number of rotatable bonds is 6. The molecule has 1 heterocycles. The third-order valence-corrected chi connectivity index (χ3v) is 3.89. The summed E-state index contributed by atoms with van der Waals surface area (Å²) in [7, 11) is 1.66. The van der Waals surface area contributed by atoms with Gasteiger partial charge in [-0.25, -0.2) is 0 Å². The largest absolute Gasteiger partial charge is 0.495 e. The van der Waals surface area contributed by atoms with Gasteiger partial charge >= 0.3 is 0 Å². The van der Waals surface area contributed by atoms with E-state index in [1.165, 1.54) is 5.56 Å². The number of anilines is 1. The Kier molecular flexibility index (Phi) is 6.89. The fourth-order valence-corrected chi connectivity index (χ4v) is 2.63. The van der Waals surface area contributed by atoms with Gasteiger partial charge in [0.05, 0.1) is 26.0 Å². The molecule has 1 fully saturated rings. The van der Waals surface area contributed by atoms with Crippen LogP contribution in [0.2, 0.25) is 0 Å². The van der Waals surface area contributed by atoms with E-state index in [2.05, 4.69) is 15.5 Å². The third-order valence-electron chi connectivity index (χ3n) is 3.64. The van der Waals surface area contributed by atoms with Crippen molar-refractivity contribution in [3.05, 3.63) is 23.8 Å². The lowest BCUT2D eigenvalue weighted by atomic mass is 10.2. The van der Waals surface area contributed by atoms with Crippen LogP contribution in [-0.4, -0.2) is 56.5 Å². The lowest BCUT2D eigenvalue weighted by molar-refractivity contribution is 0.0376. The summed E-state index contributed by atoms with van der Waals surface area (Å²) in [6.45, 7) is 7.74. The molecule has 2 N–H and O–H groups in total. The summed E-state index contributed by atoms with van der Waals surface area (Å²) in [5.74, 6) is 0.795. The standard InChI is InChI=1S/C16H25N3O2S/c1-13-4-5-15(20-2)14(12-13)18-16(22)17-6-3-7-19-8-10-21-11-9-19/h4-5,12H,3,6-11H2,1-2H3,(H2,17,18,22). The number of ether oxygens (including phenoxy) is 2. The molecule has 0 aromatic heterocycles. The van der Waals surface area contributed by atoms with Crippen LogP contribution < -0.4 is 15.4 Å². The minimum absolute atomic E-state index is 0.630. The molecule has 2 rings (SSSR count). The van der Waals surface area contributed by atoms with E-state index in [1.54, 1.807) is 7.11 Å². The Bertz CT molecular complexity index is 490. The van der Waals surface area contributed by atoms with Crippen LogP contribution >= 0.6 is 12.2 Å². The van der Waals surface area contributed by atoms with Crippen LogP contribution in [0.1, 0.15) is 12.0 Å². The Labute approximate surface area is 138 Å². The maximum absolute atomic E-state index is 5.35. The highest BCUT2D eigenvalue weighted by molar-refractivity contribution is 7.80. The number of methoxy groups -OCH3 is 1. The molecule has 6 heteroatoms. The normalized spacial score (nSPS) is 15.4. The Hall–Kier alpha value is -1.37. The average Bonchev–Trinajstić information content (AvgIpc) is 2.53. The predicted octanol–water partition coefficient (Wildman–Crippen LogP) is 2.01. The van der Waals surface area contributed by atoms with Gasteiger partial charge < -0.3 is 20.1 Å². The molecule has 0 unspecified atom stereocenters. The molecule has 5 nitrogen and oxygen atoms in total. The predicted molar refractivity (Wildman–Crippen MR) is 93.8 cm³/mol. The van der Waals surface area contributed by atoms with Crippen LogP contribution in [0.15, 0.2) is 18.2 Å². The fraction of sp³-hybridized carbons (Fsp3) is 0.562. The second-order valence-electron chi connectivity index (χ2n) is 5.39. The van der Waals surface area contributed by atoms with E-state index in [-0.39, 0.29) is 0 Å². The lowest BCUT2D eigenvalue weighted by Crippen LogP contribution is -2.38. The number of nitrogens with one attached hydrogen (secondary N) is 2. The van der Waals surface area contributed by atoms with Crippen LogP contribution in [-0.2, 0) is 4.74 Å². The van der Waals surface area contributed by atoms with E-state index < -0.39 is 0 Å². The Morgan fingerprint density at radius 3 is 2.86 bits per heavy atom. The fourth-order valence-electron chi connectivity index (χ4n) is 2.42. The summed E-state index contributed by atoms with van der Waals surface area (Å²) in [6.07, 6.45) is 1.06. The lowest BCUT2D eigenvalue weighted by Gasteiger charge is -2.26. The van der Waals surface area contributed by atoms with Gasteiger partial charge in [-0.1, -0.05) is 6.07 Å². The third kappa shape index (κ3) is 5.44. The number of hydrogen-bond acceptors (Lipinski definition) is 4. The molecular weight excluding hydrogens is 298 g/mol. The summed E-state index contributed by atoms with van der Waals surface area (Å²) >= 11 is 5.35. The van der Waals surface area contributed by atoms with Crippen LogP contribution in [0.4, 0.5) is 5.69 Å². The van der Waals surface area contributed by atoms with Gasteiger partial charge in [-0.3, -0.25) is 4.90 Å². The van der Waals surface area contributed by atoms with Crippen molar-refractivity contribution in [2.24, 2.45) is 0 Å². The van der Waals surface area contributed by atoms with Gasteiger partial charge in [-0.15, -0.1) is 0 Å². The zero-order valence-corrected chi connectivity index (χ0v) is 14.2. The Morgan fingerprint density at radius 2 is 2.14 bits per heavy atom. The van der Waals surface area contributed by atoms with Crippen molar-refractivity contribution in [3.8, 4) is 5.75 Å². The van der Waals surface area contributed by atoms with E-state index in [1.807, 2.05) is 25.1 Å². The minimum atomic E-state index is 0.630. The zero-order chi connectivity index (χ0) is 15.8. The molecule has 1 aliphatic heterocycles. The first kappa shape index (κ1) is 17.0. The zero-order valence-electron chi connectivity index (χ0n) is 13.4. The van der Waals surface area contributed by atoms with E-state index in [9.17, 15) is 0 Å². The van der Waals surface area contributed by atoms with Crippen LogP contribution in [0.25, 0.3) is 0 Å². The molecule has 0 saturated carbocycles. The number of benzene rings is 1. The molecule has 1 aliphatic rings. The van der Waals surface area contributed by atoms with Crippen molar-refractivity contribution in [3.63, 3.8) is 0 Å². The molecule has 0 radical (unpaired) electrons. The van der Waals surface area contributed by atoms with Crippen molar-refractivity contribution in [1.29, 1.82) is 0 Å². The van der Waals surface area contributed by atoms with Crippen molar-refractivity contribution >= 4 is 23.0 Å². The summed E-state index contributed by atoms with van der Waals surface area (Å²) < 4.78 is 10.7. The maximum atomic E-state index is 5.35. The number of nitrogens with zero attached hydrogens (tertiary/aromatic N) is 1. The van der Waals surface area contributed by atoms with Crippen molar-refractivity contribution in [2.45, 2.75) is 13.3 Å². The van der Waals surface area contributed by atoms with Crippen molar-refractivity contribution < 1.29 is 9.47 Å². The summed E-state index contributed by atoms with van der Waals surface area (Å²) in [5.41, 5.74) is 2.06. The van der Waals surface area contributed by atoms with Crippen molar-refractivity contribution in [1.82, 2.24) is 10.2 Å². The first-order valence-corrected chi connectivity index (χ1v) is 8.09. The van der Waals surface area contributed by atoms with Crippen molar-refractivity contribution in [2.75, 3.05) is 51.8 Å². The van der Waals surface area contributed by atoms with Crippen LogP contribution in [0.3, 0.4) is 0 Å². The molecule has 0 spiro atoms. The quantitative estimate of drug-likeness (QED) is 0.617. The van der Waals surface area contributed by atoms with Gasteiger partial charge in [-0.05, 0) is 49.8 Å². The molecule has 1 saturated heterocycles. The Balaban J connectivity index is 1.70. The summed E-state index contributed by atoms with van der Waals surface area (Å²) in [6, 6.07) is 5.99. The average molecular weight is 323 g/mol. The van der Waals surface area contributed by atoms with Gasteiger partial charge in [0, 0.05) is 19.6 Å². The van der Waals surface area contributed by atoms with Gasteiger partial charge in [0.1, 0.15) is 5.75 Å². The highest BCUT2D eigenvalue weighted by Gasteiger charge is 2.09. The first-order valence-electron chi connectivity index (χ1n) is 7.68. The topological polar surface area (TPSA) is 45.8 Å². The highest BCUT2D eigenvalue weighted by atomic mass is 32.1. The summed E-state index contributed by atoms with van der Waals surface area (Å²) in [4.78, 5) is 2.42. The minimum Gasteiger partial charge on any atom is -0.495 e. The second kappa shape index (κ2) is 8.92. The maximum Gasteiger partial charge on any atom is 0.170 e. The second-order valence-corrected chi connectivity index (χ2v) is 5.80. The smallest absolute Gasteiger partial charge is 0.170 e. The van der Waals surface area contributed by atoms with E-state index in [0.29, 0.717) is 5.11 Å². The number of thiocarbonyl (C=S) groups is 1. The molecule has 0 amide bonds. The molecule has 0 aliphatic carbocycles. The van der Waals surface area contributed by atoms with Crippen LogP contribution in [0.5, 0.6) is 5.75 Å². The SMILES string of the molecule is COc1ccc(C)cc1NC(=S)NCCCN1CCOCC1. The van der Waals surface area contributed by atoms with Gasteiger partial charge in [0.25, 0.3) is 0 Å². The van der Waals surface area contributed by atoms with Gasteiger partial charge in [0.15, 0.2) is 5.11 Å². The van der Waals surface area contributed by atoms with E-state index in [4.69, 9.17) is 21.7 Å². The van der Waals surface area contributed by atoms with Gasteiger partial charge in [-0.2, -0.15) is 0 Å². The monoisotopic (exact) mass is 323 g/mol. The molecule has 1 aromatic rings. The number of morpholine rings is 1. The summed E-state index contributed by atoms with van der Waals surface area (Å²) in [5, 5.41) is 7.08. The molecule has 1 aromatic carbocycles. The number of aryl methyl sites for hydroxylation is 1.